The molecule has 0 amide bonds. The summed E-state index contributed by atoms with van der Waals surface area (Å²) in [4.78, 5) is 4.46. The summed E-state index contributed by atoms with van der Waals surface area (Å²) < 4.78 is 5.29. The number of hydrogen-bond donors (Lipinski definition) is 3. The Morgan fingerprint density at radius 3 is 2.84 bits per heavy atom. The Balaban J connectivity index is 2.34. The number of hydrogen-bond acceptors (Lipinski definition) is 3. The molecule has 5 heteroatoms. The van der Waals surface area contributed by atoms with Crippen LogP contribution in [0.3, 0.4) is 0 Å². The highest BCUT2D eigenvalue weighted by molar-refractivity contribution is 5.79. The molecule has 19 heavy (non-hydrogen) atoms. The topological polar surface area (TPSA) is 71.7 Å². The van der Waals surface area contributed by atoms with E-state index in [0.29, 0.717) is 12.0 Å². The van der Waals surface area contributed by atoms with Crippen LogP contribution in [0.2, 0.25) is 0 Å². The third kappa shape index (κ3) is 6.78. The zero-order chi connectivity index (χ0) is 13.9. The average Bonchev–Trinajstić information content (AvgIpc) is 2.62. The second kappa shape index (κ2) is 10.0. The van der Waals surface area contributed by atoms with Crippen molar-refractivity contribution in [2.45, 2.75) is 58.4 Å². The van der Waals surface area contributed by atoms with Gasteiger partial charge in [0.1, 0.15) is 0 Å². The van der Waals surface area contributed by atoms with Gasteiger partial charge in [-0.15, -0.1) is 0 Å². The van der Waals surface area contributed by atoms with E-state index < -0.39 is 0 Å². The Hall–Kier alpha value is -0.810. The molecule has 0 spiro atoms. The molecule has 5 nitrogen and oxygen atoms in total. The summed E-state index contributed by atoms with van der Waals surface area (Å²) in [6, 6.07) is 0.490. The first-order valence-electron chi connectivity index (χ1n) is 7.63. The van der Waals surface area contributed by atoms with Crippen molar-refractivity contribution >= 4 is 5.96 Å². The van der Waals surface area contributed by atoms with Crippen molar-refractivity contribution < 1.29 is 4.74 Å². The van der Waals surface area contributed by atoms with Crippen LogP contribution in [0.25, 0.3) is 0 Å². The Bertz CT molecular complexity index is 258. The molecule has 0 aromatic rings. The third-order valence-corrected chi connectivity index (χ3v) is 3.74. The quantitative estimate of drug-likeness (QED) is 0.172. The van der Waals surface area contributed by atoms with Gasteiger partial charge >= 0.3 is 0 Å². The fourth-order valence-electron chi connectivity index (χ4n) is 2.52. The van der Waals surface area contributed by atoms with Crippen LogP contribution in [0.5, 0.6) is 0 Å². The number of ether oxygens (including phenoxy) is 1. The fraction of sp³-hybridized carbons (Fsp3) is 0.929. The molecule has 1 aliphatic carbocycles. The van der Waals surface area contributed by atoms with Gasteiger partial charge in [-0.05, 0) is 32.1 Å². The predicted molar refractivity (Wildman–Crippen MR) is 79.9 cm³/mol. The van der Waals surface area contributed by atoms with Crippen LogP contribution >= 0.6 is 0 Å². The smallest absolute Gasteiger partial charge is 0.205 e. The predicted octanol–water partition coefficient (Wildman–Crippen LogP) is 1.79. The van der Waals surface area contributed by atoms with Crippen LogP contribution in [0.15, 0.2) is 4.99 Å². The van der Waals surface area contributed by atoms with Crippen molar-refractivity contribution in [3.8, 4) is 0 Å². The molecule has 0 bridgehead atoms. The molecular weight excluding hydrogens is 240 g/mol. The number of rotatable bonds is 6. The molecule has 0 heterocycles. The van der Waals surface area contributed by atoms with Crippen molar-refractivity contribution in [3.63, 3.8) is 0 Å². The zero-order valence-corrected chi connectivity index (χ0v) is 12.5. The minimum absolute atomic E-state index is 0.490. The van der Waals surface area contributed by atoms with Crippen LogP contribution < -0.4 is 16.6 Å². The highest BCUT2D eigenvalue weighted by atomic mass is 16.5. The molecule has 1 aliphatic rings. The van der Waals surface area contributed by atoms with E-state index in [1.54, 1.807) is 0 Å². The van der Waals surface area contributed by atoms with E-state index in [9.17, 15) is 0 Å². The van der Waals surface area contributed by atoms with Crippen molar-refractivity contribution in [3.05, 3.63) is 0 Å². The first-order valence-corrected chi connectivity index (χ1v) is 7.63. The van der Waals surface area contributed by atoms with E-state index in [-0.39, 0.29) is 0 Å². The van der Waals surface area contributed by atoms with Gasteiger partial charge < -0.3 is 10.1 Å². The molecule has 1 saturated carbocycles. The van der Waals surface area contributed by atoms with E-state index in [1.165, 1.54) is 32.1 Å². The number of hydrazine groups is 1. The van der Waals surface area contributed by atoms with E-state index in [0.717, 1.165) is 32.1 Å². The van der Waals surface area contributed by atoms with Gasteiger partial charge in [-0.25, -0.2) is 5.84 Å². The van der Waals surface area contributed by atoms with Gasteiger partial charge in [0.2, 0.25) is 5.96 Å². The maximum absolute atomic E-state index is 5.54. The number of nitrogens with two attached hydrogens (primary N) is 1. The normalized spacial score (nSPS) is 24.9. The maximum Gasteiger partial charge on any atom is 0.205 e. The standard InChI is InChI=1S/C14H30N4O/c1-3-19-11-7-10-16-14(18-15)17-13-9-6-4-5-8-12(13)2/h12-13H,3-11,15H2,1-2H3,(H2,16,17,18). The van der Waals surface area contributed by atoms with E-state index in [4.69, 9.17) is 10.6 Å². The van der Waals surface area contributed by atoms with Gasteiger partial charge in [-0.2, -0.15) is 0 Å². The van der Waals surface area contributed by atoms with Crippen LogP contribution in [0.1, 0.15) is 52.4 Å². The minimum atomic E-state index is 0.490. The number of guanidine groups is 1. The van der Waals surface area contributed by atoms with Crippen molar-refractivity contribution in [1.82, 2.24) is 10.7 Å². The minimum Gasteiger partial charge on any atom is -0.382 e. The molecule has 1 fully saturated rings. The Morgan fingerprint density at radius 1 is 1.32 bits per heavy atom. The van der Waals surface area contributed by atoms with Crippen LogP contribution in [0.4, 0.5) is 0 Å². The summed E-state index contributed by atoms with van der Waals surface area (Å²) in [6.07, 6.45) is 7.42. The van der Waals surface area contributed by atoms with Gasteiger partial charge in [0.05, 0.1) is 0 Å². The lowest BCUT2D eigenvalue weighted by molar-refractivity contribution is 0.146. The number of nitrogens with one attached hydrogen (secondary N) is 2. The lowest BCUT2D eigenvalue weighted by Gasteiger charge is -2.24. The molecule has 2 unspecified atom stereocenters. The molecule has 0 radical (unpaired) electrons. The third-order valence-electron chi connectivity index (χ3n) is 3.74. The molecular formula is C14H30N4O. The summed E-state index contributed by atoms with van der Waals surface area (Å²) in [5, 5.41) is 3.46. The average molecular weight is 270 g/mol. The van der Waals surface area contributed by atoms with Crippen LogP contribution in [-0.2, 0) is 4.74 Å². The molecule has 4 N–H and O–H groups in total. The molecule has 1 rings (SSSR count). The molecule has 112 valence electrons. The monoisotopic (exact) mass is 270 g/mol. The molecule has 0 aliphatic heterocycles. The highest BCUT2D eigenvalue weighted by Crippen LogP contribution is 2.22. The van der Waals surface area contributed by atoms with Crippen molar-refractivity contribution in [2.24, 2.45) is 16.8 Å². The van der Waals surface area contributed by atoms with Crippen molar-refractivity contribution in [1.29, 1.82) is 0 Å². The zero-order valence-electron chi connectivity index (χ0n) is 12.5. The molecule has 0 saturated heterocycles. The first kappa shape index (κ1) is 16.2. The Kier molecular flexibility index (Phi) is 8.58. The lowest BCUT2D eigenvalue weighted by atomic mass is 9.97. The molecule has 0 aromatic carbocycles. The highest BCUT2D eigenvalue weighted by Gasteiger charge is 2.20. The Labute approximate surface area is 117 Å². The van der Waals surface area contributed by atoms with Crippen LogP contribution in [0, 0.1) is 5.92 Å². The summed E-state index contributed by atoms with van der Waals surface area (Å²) >= 11 is 0. The Morgan fingerprint density at radius 2 is 2.11 bits per heavy atom. The van der Waals surface area contributed by atoms with Gasteiger partial charge in [0.15, 0.2) is 0 Å². The maximum atomic E-state index is 5.54. The lowest BCUT2D eigenvalue weighted by Crippen LogP contribution is -2.48. The summed E-state index contributed by atoms with van der Waals surface area (Å²) in [5.74, 6) is 6.94. The molecule has 0 aromatic heterocycles. The van der Waals surface area contributed by atoms with Crippen molar-refractivity contribution in [2.75, 3.05) is 19.8 Å². The van der Waals surface area contributed by atoms with Gasteiger partial charge in [-0.1, -0.05) is 26.2 Å². The summed E-state index contributed by atoms with van der Waals surface area (Å²) in [5.41, 5.74) is 2.68. The largest absolute Gasteiger partial charge is 0.382 e. The van der Waals surface area contributed by atoms with Gasteiger partial charge in [-0.3, -0.25) is 10.4 Å². The molecule has 2 atom stereocenters. The summed E-state index contributed by atoms with van der Waals surface area (Å²) in [7, 11) is 0. The SMILES string of the molecule is CCOCCCN=C(NN)NC1CCCCCC1C. The number of aliphatic imine (C=N–C) groups is 1. The summed E-state index contributed by atoms with van der Waals surface area (Å²) in [6.45, 7) is 6.59. The first-order chi connectivity index (χ1) is 9.27. The fourth-order valence-corrected chi connectivity index (χ4v) is 2.52. The van der Waals surface area contributed by atoms with Gasteiger partial charge in [0.25, 0.3) is 0 Å². The van der Waals surface area contributed by atoms with E-state index in [1.807, 2.05) is 6.92 Å². The second-order valence-corrected chi connectivity index (χ2v) is 5.29. The van der Waals surface area contributed by atoms with E-state index >= 15 is 0 Å². The second-order valence-electron chi connectivity index (χ2n) is 5.29. The number of nitrogens with zero attached hydrogens (tertiary/aromatic N) is 1. The van der Waals surface area contributed by atoms with Crippen LogP contribution in [-0.4, -0.2) is 31.8 Å². The van der Waals surface area contributed by atoms with E-state index in [2.05, 4.69) is 22.7 Å². The van der Waals surface area contributed by atoms with Gasteiger partial charge in [0, 0.05) is 25.8 Å².